The zero-order chi connectivity index (χ0) is 20.7. The number of carbonyl (C=O) groups excluding carboxylic acids is 3. The van der Waals surface area contributed by atoms with Crippen LogP contribution in [0.2, 0.25) is 0 Å². The van der Waals surface area contributed by atoms with Gasteiger partial charge in [0.05, 0.1) is 18.8 Å². The van der Waals surface area contributed by atoms with Crippen molar-refractivity contribution in [1.82, 2.24) is 16.0 Å². The van der Waals surface area contributed by atoms with Crippen LogP contribution in [0.4, 0.5) is 0 Å². The van der Waals surface area contributed by atoms with E-state index in [-0.39, 0.29) is 51.6 Å². The molecule has 0 aliphatic heterocycles. The van der Waals surface area contributed by atoms with Crippen molar-refractivity contribution in [3.8, 4) is 0 Å². The fourth-order valence-corrected chi connectivity index (χ4v) is 2.12. The highest BCUT2D eigenvalue weighted by atomic mass is 16.4. The number of aliphatic carboxylic acids is 1. The van der Waals surface area contributed by atoms with Crippen molar-refractivity contribution in [2.45, 2.75) is 56.8 Å². The van der Waals surface area contributed by atoms with Gasteiger partial charge in [-0.1, -0.05) is 0 Å². The molecule has 0 aliphatic rings. The van der Waals surface area contributed by atoms with Crippen LogP contribution in [-0.4, -0.2) is 82.6 Å². The summed E-state index contributed by atoms with van der Waals surface area (Å²) in [5, 5.41) is 43.3. The minimum atomic E-state index is -0.975. The van der Waals surface area contributed by atoms with E-state index >= 15 is 0 Å². The quantitative estimate of drug-likeness (QED) is 0.111. The van der Waals surface area contributed by atoms with Gasteiger partial charge in [0.15, 0.2) is 0 Å². The number of hydrogen-bond acceptors (Lipinski definition) is 7. The molecule has 0 saturated carbocycles. The monoisotopic (exact) mass is 391 g/mol. The standard InChI is InChI=1S/C16H29N3O8/c20-9-12(23)4-3-11(22)8-18-14(24)6-5-13(19-10-21)16(27)17-7-1-2-15(25)26/h10-13,20,22-23H,1-9H2,(H,17,27)(H,18,24)(H,19,21)(H,25,26). The first-order valence-electron chi connectivity index (χ1n) is 8.73. The lowest BCUT2D eigenvalue weighted by molar-refractivity contribution is -0.137. The van der Waals surface area contributed by atoms with Crippen molar-refractivity contribution in [2.24, 2.45) is 0 Å². The number of rotatable bonds is 16. The van der Waals surface area contributed by atoms with Crippen LogP contribution in [0, 0.1) is 0 Å². The Morgan fingerprint density at radius 1 is 0.963 bits per heavy atom. The zero-order valence-corrected chi connectivity index (χ0v) is 15.1. The molecule has 0 heterocycles. The molecule has 0 saturated heterocycles. The van der Waals surface area contributed by atoms with E-state index in [0.29, 0.717) is 6.41 Å². The van der Waals surface area contributed by atoms with Crippen LogP contribution in [-0.2, 0) is 19.2 Å². The lowest BCUT2D eigenvalue weighted by Crippen LogP contribution is -2.45. The third kappa shape index (κ3) is 13.6. The van der Waals surface area contributed by atoms with E-state index in [1.165, 1.54) is 0 Å². The molecule has 0 bridgehead atoms. The summed E-state index contributed by atoms with van der Waals surface area (Å²) >= 11 is 0. The number of hydrogen-bond donors (Lipinski definition) is 7. The lowest BCUT2D eigenvalue weighted by Gasteiger charge is -2.16. The van der Waals surface area contributed by atoms with Crippen molar-refractivity contribution in [3.05, 3.63) is 0 Å². The fourth-order valence-electron chi connectivity index (χ4n) is 2.12. The summed E-state index contributed by atoms with van der Waals surface area (Å²) < 4.78 is 0. The Hall–Kier alpha value is -2.24. The smallest absolute Gasteiger partial charge is 0.303 e. The van der Waals surface area contributed by atoms with Gasteiger partial charge in [-0.15, -0.1) is 0 Å². The summed E-state index contributed by atoms with van der Waals surface area (Å²) in [7, 11) is 0. The number of nitrogens with one attached hydrogen (secondary N) is 3. The first-order chi connectivity index (χ1) is 12.8. The molecule has 27 heavy (non-hydrogen) atoms. The van der Waals surface area contributed by atoms with Gasteiger partial charge in [0.25, 0.3) is 0 Å². The molecule has 0 spiro atoms. The van der Waals surface area contributed by atoms with E-state index in [2.05, 4.69) is 16.0 Å². The molecule has 0 aliphatic carbocycles. The number of carboxylic acids is 1. The van der Waals surface area contributed by atoms with Gasteiger partial charge in [-0.2, -0.15) is 0 Å². The average Bonchev–Trinajstić information content (AvgIpc) is 2.64. The zero-order valence-electron chi connectivity index (χ0n) is 15.1. The molecular weight excluding hydrogens is 362 g/mol. The fraction of sp³-hybridized carbons (Fsp3) is 0.750. The molecule has 3 atom stereocenters. The first-order valence-corrected chi connectivity index (χ1v) is 8.73. The maximum Gasteiger partial charge on any atom is 0.303 e. The summed E-state index contributed by atoms with van der Waals surface area (Å²) in [4.78, 5) is 44.7. The second-order valence-corrected chi connectivity index (χ2v) is 6.04. The van der Waals surface area contributed by atoms with E-state index in [1.54, 1.807) is 0 Å². The van der Waals surface area contributed by atoms with Crippen molar-refractivity contribution < 1.29 is 39.6 Å². The van der Waals surface area contributed by atoms with Crippen LogP contribution in [0.25, 0.3) is 0 Å². The van der Waals surface area contributed by atoms with Crippen LogP contribution in [0.1, 0.15) is 38.5 Å². The first kappa shape index (κ1) is 24.8. The predicted octanol–water partition coefficient (Wildman–Crippen LogP) is -2.53. The van der Waals surface area contributed by atoms with Crippen molar-refractivity contribution >= 4 is 24.2 Å². The molecule has 156 valence electrons. The molecule has 3 unspecified atom stereocenters. The minimum Gasteiger partial charge on any atom is -0.481 e. The third-order valence-electron chi connectivity index (χ3n) is 3.69. The van der Waals surface area contributed by atoms with E-state index in [9.17, 15) is 29.4 Å². The van der Waals surface area contributed by atoms with Gasteiger partial charge in [-0.25, -0.2) is 0 Å². The Morgan fingerprint density at radius 3 is 2.22 bits per heavy atom. The molecule has 0 aromatic rings. The van der Waals surface area contributed by atoms with E-state index < -0.39 is 42.6 Å². The highest BCUT2D eigenvalue weighted by Gasteiger charge is 2.19. The largest absolute Gasteiger partial charge is 0.481 e. The summed E-state index contributed by atoms with van der Waals surface area (Å²) in [6.45, 7) is -0.299. The minimum absolute atomic E-state index is 0.0364. The molecule has 0 aromatic heterocycles. The van der Waals surface area contributed by atoms with Crippen molar-refractivity contribution in [2.75, 3.05) is 19.7 Å². The van der Waals surface area contributed by atoms with Gasteiger partial charge in [-0.05, 0) is 25.7 Å². The molecule has 11 heteroatoms. The van der Waals surface area contributed by atoms with E-state index in [0.717, 1.165) is 0 Å². The summed E-state index contributed by atoms with van der Waals surface area (Å²) in [6.07, 6.45) is -0.929. The van der Waals surface area contributed by atoms with Crippen molar-refractivity contribution in [3.63, 3.8) is 0 Å². The van der Waals surface area contributed by atoms with Crippen LogP contribution in [0.3, 0.4) is 0 Å². The maximum atomic E-state index is 11.9. The highest BCUT2D eigenvalue weighted by molar-refractivity contribution is 5.84. The third-order valence-corrected chi connectivity index (χ3v) is 3.69. The SMILES string of the molecule is O=CNC(CCC(=O)NCC(O)CCC(O)CO)C(=O)NCCCC(=O)O. The number of aliphatic hydroxyl groups excluding tert-OH is 3. The van der Waals surface area contributed by atoms with Gasteiger partial charge in [0.1, 0.15) is 6.04 Å². The normalized spacial score (nSPS) is 13.9. The average molecular weight is 391 g/mol. The topological polar surface area (TPSA) is 185 Å². The van der Waals surface area contributed by atoms with Crippen molar-refractivity contribution in [1.29, 1.82) is 0 Å². The molecule has 0 fully saturated rings. The highest BCUT2D eigenvalue weighted by Crippen LogP contribution is 2.02. The number of carboxylic acid groups (broad SMARTS) is 1. The van der Waals surface area contributed by atoms with Gasteiger partial charge < -0.3 is 36.4 Å². The van der Waals surface area contributed by atoms with Gasteiger partial charge in [0, 0.05) is 25.9 Å². The van der Waals surface area contributed by atoms with Crippen LogP contribution in [0.5, 0.6) is 0 Å². The molecule has 0 aromatic carbocycles. The molecule has 0 rings (SSSR count). The second kappa shape index (κ2) is 14.9. The summed E-state index contributed by atoms with van der Waals surface area (Å²) in [6, 6.07) is -0.928. The number of amides is 3. The molecule has 7 N–H and O–H groups in total. The Balaban J connectivity index is 4.13. The predicted molar refractivity (Wildman–Crippen MR) is 93.4 cm³/mol. The maximum absolute atomic E-state index is 11.9. The summed E-state index contributed by atoms with van der Waals surface area (Å²) in [5.74, 6) is -1.91. The number of aliphatic hydroxyl groups is 3. The summed E-state index contributed by atoms with van der Waals surface area (Å²) in [5.41, 5.74) is 0. The van der Waals surface area contributed by atoms with E-state index in [1.807, 2.05) is 0 Å². The van der Waals surface area contributed by atoms with Gasteiger partial charge in [0.2, 0.25) is 18.2 Å². The van der Waals surface area contributed by atoms with Gasteiger partial charge >= 0.3 is 5.97 Å². The Kier molecular flexibility index (Phi) is 13.6. The Labute approximate surface area is 157 Å². The van der Waals surface area contributed by atoms with Gasteiger partial charge in [-0.3, -0.25) is 19.2 Å². The Morgan fingerprint density at radius 2 is 1.63 bits per heavy atom. The van der Waals surface area contributed by atoms with Crippen LogP contribution in [0.15, 0.2) is 0 Å². The lowest BCUT2D eigenvalue weighted by atomic mass is 10.1. The number of carbonyl (C=O) groups is 4. The molecule has 3 amide bonds. The Bertz CT molecular complexity index is 475. The molecular formula is C16H29N3O8. The van der Waals surface area contributed by atoms with E-state index in [4.69, 9.17) is 10.2 Å². The van der Waals surface area contributed by atoms with Crippen LogP contribution < -0.4 is 16.0 Å². The van der Waals surface area contributed by atoms with Crippen LogP contribution >= 0.6 is 0 Å². The second-order valence-electron chi connectivity index (χ2n) is 6.04. The molecule has 0 radical (unpaired) electrons. The molecule has 11 nitrogen and oxygen atoms in total.